The maximum atomic E-state index is 5.20. The molecule has 1 saturated carbocycles. The summed E-state index contributed by atoms with van der Waals surface area (Å²) in [4.78, 5) is 2.69. The van der Waals surface area contributed by atoms with Crippen LogP contribution in [0.15, 0.2) is 0 Å². The van der Waals surface area contributed by atoms with E-state index in [1.807, 2.05) is 0 Å². The van der Waals surface area contributed by atoms with E-state index >= 15 is 0 Å². The molecule has 3 heteroatoms. The molecule has 2 rings (SSSR count). The Labute approximate surface area is 119 Å². The van der Waals surface area contributed by atoms with E-state index in [0.29, 0.717) is 0 Å². The van der Waals surface area contributed by atoms with Gasteiger partial charge in [0.15, 0.2) is 0 Å². The van der Waals surface area contributed by atoms with Gasteiger partial charge in [0.1, 0.15) is 0 Å². The standard InChI is InChI=1S/C16H32N2O/c1-14-9-10-17-16(15-7-4-3-5-8-15)13-18(14)11-6-12-19-2/h14-17H,3-13H2,1-2H3. The molecule has 112 valence electrons. The van der Waals surface area contributed by atoms with E-state index < -0.39 is 0 Å². The summed E-state index contributed by atoms with van der Waals surface area (Å²) in [6.07, 6.45) is 9.69. The lowest BCUT2D eigenvalue weighted by Crippen LogP contribution is -2.45. The molecule has 0 radical (unpaired) electrons. The smallest absolute Gasteiger partial charge is 0.0474 e. The lowest BCUT2D eigenvalue weighted by atomic mass is 9.83. The highest BCUT2D eigenvalue weighted by molar-refractivity contribution is 4.86. The van der Waals surface area contributed by atoms with Gasteiger partial charge in [-0.2, -0.15) is 0 Å². The van der Waals surface area contributed by atoms with E-state index in [9.17, 15) is 0 Å². The topological polar surface area (TPSA) is 24.5 Å². The van der Waals surface area contributed by atoms with E-state index in [-0.39, 0.29) is 0 Å². The van der Waals surface area contributed by atoms with Crippen LogP contribution >= 0.6 is 0 Å². The molecular formula is C16H32N2O. The second-order valence-electron chi connectivity index (χ2n) is 6.44. The Morgan fingerprint density at radius 1 is 1.16 bits per heavy atom. The zero-order chi connectivity index (χ0) is 13.5. The third-order valence-electron chi connectivity index (χ3n) is 5.04. The lowest BCUT2D eigenvalue weighted by Gasteiger charge is -2.34. The highest BCUT2D eigenvalue weighted by atomic mass is 16.5. The van der Waals surface area contributed by atoms with Crippen LogP contribution in [0.5, 0.6) is 0 Å². The van der Waals surface area contributed by atoms with Gasteiger partial charge < -0.3 is 10.1 Å². The minimum Gasteiger partial charge on any atom is -0.385 e. The highest BCUT2D eigenvalue weighted by Gasteiger charge is 2.28. The van der Waals surface area contributed by atoms with Crippen molar-refractivity contribution >= 4 is 0 Å². The van der Waals surface area contributed by atoms with Crippen molar-refractivity contribution in [2.75, 3.05) is 33.4 Å². The van der Waals surface area contributed by atoms with Crippen molar-refractivity contribution in [3.63, 3.8) is 0 Å². The van der Waals surface area contributed by atoms with Crippen LogP contribution in [0.4, 0.5) is 0 Å². The van der Waals surface area contributed by atoms with E-state index in [0.717, 1.165) is 31.0 Å². The third-order valence-corrected chi connectivity index (χ3v) is 5.04. The van der Waals surface area contributed by atoms with Crippen molar-refractivity contribution < 1.29 is 4.74 Å². The molecule has 1 aliphatic heterocycles. The summed E-state index contributed by atoms with van der Waals surface area (Å²) < 4.78 is 5.20. The Hall–Kier alpha value is -0.120. The Morgan fingerprint density at radius 3 is 2.68 bits per heavy atom. The predicted molar refractivity (Wildman–Crippen MR) is 80.5 cm³/mol. The minimum absolute atomic E-state index is 0.720. The molecule has 2 fully saturated rings. The number of nitrogens with zero attached hydrogens (tertiary/aromatic N) is 1. The van der Waals surface area contributed by atoms with Crippen LogP contribution in [-0.4, -0.2) is 50.3 Å². The van der Waals surface area contributed by atoms with Gasteiger partial charge in [-0.1, -0.05) is 19.3 Å². The van der Waals surface area contributed by atoms with Crippen molar-refractivity contribution in [1.82, 2.24) is 10.2 Å². The van der Waals surface area contributed by atoms with Crippen LogP contribution in [0.25, 0.3) is 0 Å². The van der Waals surface area contributed by atoms with Gasteiger partial charge in [-0.3, -0.25) is 4.90 Å². The molecule has 1 N–H and O–H groups in total. The zero-order valence-corrected chi connectivity index (χ0v) is 12.9. The maximum absolute atomic E-state index is 5.20. The second kappa shape index (κ2) is 8.23. The summed E-state index contributed by atoms with van der Waals surface area (Å²) in [5.74, 6) is 0.920. The molecule has 0 aromatic carbocycles. The quantitative estimate of drug-likeness (QED) is 0.776. The van der Waals surface area contributed by atoms with Crippen molar-refractivity contribution in [2.45, 2.75) is 64.0 Å². The largest absolute Gasteiger partial charge is 0.385 e. The fourth-order valence-corrected chi connectivity index (χ4v) is 3.73. The highest BCUT2D eigenvalue weighted by Crippen LogP contribution is 2.28. The molecular weight excluding hydrogens is 236 g/mol. The normalized spacial score (nSPS) is 31.3. The van der Waals surface area contributed by atoms with E-state index in [4.69, 9.17) is 4.74 Å². The monoisotopic (exact) mass is 268 g/mol. The number of nitrogens with one attached hydrogen (secondary N) is 1. The van der Waals surface area contributed by atoms with Gasteiger partial charge in [0.05, 0.1) is 0 Å². The van der Waals surface area contributed by atoms with E-state index in [2.05, 4.69) is 17.1 Å². The van der Waals surface area contributed by atoms with Crippen molar-refractivity contribution in [1.29, 1.82) is 0 Å². The van der Waals surface area contributed by atoms with Gasteiger partial charge in [-0.05, 0) is 45.1 Å². The van der Waals surface area contributed by atoms with Crippen LogP contribution in [0.3, 0.4) is 0 Å². The molecule has 0 aromatic rings. The predicted octanol–water partition coefficient (Wildman–Crippen LogP) is 2.66. The Morgan fingerprint density at radius 2 is 1.95 bits per heavy atom. The average molecular weight is 268 g/mol. The molecule has 0 spiro atoms. The first-order chi connectivity index (χ1) is 9.31. The molecule has 2 aliphatic rings. The summed E-state index contributed by atoms with van der Waals surface area (Å²) in [5.41, 5.74) is 0. The number of ether oxygens (including phenoxy) is 1. The molecule has 1 saturated heterocycles. The number of hydrogen-bond acceptors (Lipinski definition) is 3. The Bertz CT molecular complexity index is 241. The van der Waals surface area contributed by atoms with Gasteiger partial charge in [-0.15, -0.1) is 0 Å². The van der Waals surface area contributed by atoms with Crippen LogP contribution in [0.1, 0.15) is 51.9 Å². The van der Waals surface area contributed by atoms with Gasteiger partial charge >= 0.3 is 0 Å². The number of rotatable bonds is 5. The Kier molecular flexibility index (Phi) is 6.62. The molecule has 2 atom stereocenters. The first kappa shape index (κ1) is 15.3. The zero-order valence-electron chi connectivity index (χ0n) is 12.9. The molecule has 3 nitrogen and oxygen atoms in total. The molecule has 19 heavy (non-hydrogen) atoms. The van der Waals surface area contributed by atoms with Crippen molar-refractivity contribution in [3.05, 3.63) is 0 Å². The van der Waals surface area contributed by atoms with E-state index in [1.54, 1.807) is 7.11 Å². The van der Waals surface area contributed by atoms with E-state index in [1.165, 1.54) is 58.2 Å². The summed E-state index contributed by atoms with van der Waals surface area (Å²) in [7, 11) is 1.80. The minimum atomic E-state index is 0.720. The summed E-state index contributed by atoms with van der Waals surface area (Å²) in [5, 5.41) is 3.83. The third kappa shape index (κ3) is 4.73. The fraction of sp³-hybridized carbons (Fsp3) is 1.00. The average Bonchev–Trinajstić information content (AvgIpc) is 2.63. The number of methoxy groups -OCH3 is 1. The second-order valence-corrected chi connectivity index (χ2v) is 6.44. The Balaban J connectivity index is 1.85. The van der Waals surface area contributed by atoms with Crippen LogP contribution in [-0.2, 0) is 4.74 Å². The first-order valence-electron chi connectivity index (χ1n) is 8.27. The molecule has 2 unspecified atom stereocenters. The van der Waals surface area contributed by atoms with Crippen LogP contribution in [0.2, 0.25) is 0 Å². The van der Waals surface area contributed by atoms with Gasteiger partial charge in [-0.25, -0.2) is 0 Å². The van der Waals surface area contributed by atoms with Crippen molar-refractivity contribution in [3.8, 4) is 0 Å². The molecule has 0 amide bonds. The van der Waals surface area contributed by atoms with Gasteiger partial charge in [0.25, 0.3) is 0 Å². The molecule has 0 bridgehead atoms. The van der Waals surface area contributed by atoms with Gasteiger partial charge in [0, 0.05) is 38.9 Å². The number of hydrogen-bond donors (Lipinski definition) is 1. The molecule has 1 heterocycles. The maximum Gasteiger partial charge on any atom is 0.0474 e. The van der Waals surface area contributed by atoms with Crippen LogP contribution < -0.4 is 5.32 Å². The summed E-state index contributed by atoms with van der Waals surface area (Å²) in [6.45, 7) is 6.92. The molecule has 0 aromatic heterocycles. The van der Waals surface area contributed by atoms with Gasteiger partial charge in [0.2, 0.25) is 0 Å². The molecule has 1 aliphatic carbocycles. The fourth-order valence-electron chi connectivity index (χ4n) is 3.73. The van der Waals surface area contributed by atoms with Crippen LogP contribution in [0, 0.1) is 5.92 Å². The lowest BCUT2D eigenvalue weighted by molar-refractivity contribution is 0.140. The summed E-state index contributed by atoms with van der Waals surface area (Å²) in [6, 6.07) is 1.45. The van der Waals surface area contributed by atoms with Crippen molar-refractivity contribution in [2.24, 2.45) is 5.92 Å². The SMILES string of the molecule is COCCCN1CC(C2CCCCC2)NCCC1C. The first-order valence-corrected chi connectivity index (χ1v) is 8.27. The summed E-state index contributed by atoms with van der Waals surface area (Å²) >= 11 is 0.